The molecule has 0 radical (unpaired) electrons. The maximum Gasteiger partial charge on any atom is 0.0215 e. The van der Waals surface area contributed by atoms with E-state index in [1.54, 1.807) is 0 Å². The molecule has 84 valence electrons. The van der Waals surface area contributed by atoms with E-state index in [-0.39, 0.29) is 0 Å². The zero-order valence-corrected chi connectivity index (χ0v) is 9.84. The predicted octanol–water partition coefficient (Wildman–Crippen LogP) is 3.10. The molecule has 3 heterocycles. The number of piperidine rings is 1. The van der Waals surface area contributed by atoms with E-state index in [4.69, 9.17) is 0 Å². The van der Waals surface area contributed by atoms with Crippen molar-refractivity contribution in [1.29, 1.82) is 0 Å². The summed E-state index contributed by atoms with van der Waals surface area (Å²) in [5.74, 6) is 7.58. The van der Waals surface area contributed by atoms with Crippen LogP contribution in [0.2, 0.25) is 0 Å². The number of fused-ring (bicyclic) bond motifs is 2. The van der Waals surface area contributed by atoms with Crippen molar-refractivity contribution in [3.8, 4) is 11.8 Å². The van der Waals surface area contributed by atoms with Gasteiger partial charge >= 0.3 is 0 Å². The summed E-state index contributed by atoms with van der Waals surface area (Å²) >= 11 is 0. The van der Waals surface area contributed by atoms with Crippen LogP contribution in [-0.2, 0) is 0 Å². The van der Waals surface area contributed by atoms with Crippen molar-refractivity contribution in [3.63, 3.8) is 0 Å². The van der Waals surface area contributed by atoms with Crippen molar-refractivity contribution < 1.29 is 0 Å². The van der Waals surface area contributed by atoms with E-state index in [1.807, 2.05) is 0 Å². The summed E-state index contributed by atoms with van der Waals surface area (Å²) in [7, 11) is 0. The summed E-state index contributed by atoms with van der Waals surface area (Å²) in [4.78, 5) is 2.43. The molecule has 0 spiro atoms. The first-order valence-electron chi connectivity index (χ1n) is 6.58. The maximum atomic E-state index is 3.42. The minimum atomic E-state index is 0.765. The monoisotopic (exact) mass is 213 g/mol. The standard InChI is InChI=1S/C15H19N/c1-2-4-13(5-3-1)6-7-15-12-16-10-8-14(15)9-11-16/h4,12,14H,1-3,5,8-11H2. The zero-order chi connectivity index (χ0) is 10.8. The van der Waals surface area contributed by atoms with Crippen molar-refractivity contribution >= 4 is 0 Å². The van der Waals surface area contributed by atoms with E-state index >= 15 is 0 Å². The Balaban J connectivity index is 1.75. The van der Waals surface area contributed by atoms with Crippen LogP contribution < -0.4 is 0 Å². The molecule has 4 aliphatic rings. The summed E-state index contributed by atoms with van der Waals surface area (Å²) in [6.07, 6.45) is 12.4. The minimum absolute atomic E-state index is 0.765. The predicted molar refractivity (Wildman–Crippen MR) is 66.7 cm³/mol. The molecule has 0 atom stereocenters. The first-order valence-corrected chi connectivity index (χ1v) is 6.58. The fourth-order valence-electron chi connectivity index (χ4n) is 2.88. The highest BCUT2D eigenvalue weighted by molar-refractivity contribution is 5.40. The van der Waals surface area contributed by atoms with Crippen LogP contribution in [0.1, 0.15) is 38.5 Å². The van der Waals surface area contributed by atoms with Gasteiger partial charge in [0.15, 0.2) is 0 Å². The first-order chi connectivity index (χ1) is 7.92. The molecule has 0 aromatic rings. The van der Waals surface area contributed by atoms with E-state index in [0.29, 0.717) is 0 Å². The van der Waals surface area contributed by atoms with Gasteiger partial charge in [0.05, 0.1) is 0 Å². The molecule has 1 nitrogen and oxygen atoms in total. The third-order valence-electron chi connectivity index (χ3n) is 3.95. The van der Waals surface area contributed by atoms with E-state index in [0.717, 1.165) is 5.92 Å². The highest BCUT2D eigenvalue weighted by Crippen LogP contribution is 2.30. The van der Waals surface area contributed by atoms with Gasteiger partial charge in [-0.25, -0.2) is 0 Å². The van der Waals surface area contributed by atoms with Crippen LogP contribution in [0.15, 0.2) is 23.4 Å². The number of nitrogens with zero attached hydrogens (tertiary/aromatic N) is 1. The Labute approximate surface area is 98.2 Å². The maximum absolute atomic E-state index is 3.42. The first kappa shape index (κ1) is 10.0. The lowest BCUT2D eigenvalue weighted by Crippen LogP contribution is -2.35. The summed E-state index contributed by atoms with van der Waals surface area (Å²) in [6, 6.07) is 0. The van der Waals surface area contributed by atoms with Crippen LogP contribution in [0.3, 0.4) is 0 Å². The second-order valence-electron chi connectivity index (χ2n) is 5.12. The van der Waals surface area contributed by atoms with E-state index in [9.17, 15) is 0 Å². The van der Waals surface area contributed by atoms with Gasteiger partial charge in [-0.15, -0.1) is 0 Å². The van der Waals surface area contributed by atoms with Crippen LogP contribution in [-0.4, -0.2) is 18.0 Å². The SMILES string of the molecule is C(#CC1=CN2CCC1CC2)C1=CCCCC1. The highest BCUT2D eigenvalue weighted by atomic mass is 15.1. The molecule has 1 fully saturated rings. The van der Waals surface area contributed by atoms with Gasteiger partial charge in [0.25, 0.3) is 0 Å². The van der Waals surface area contributed by atoms with E-state index in [1.165, 1.54) is 62.8 Å². The number of hydrogen-bond donors (Lipinski definition) is 0. The minimum Gasteiger partial charge on any atom is -0.377 e. The Hall–Kier alpha value is -1.16. The number of allylic oxidation sites excluding steroid dienone is 3. The van der Waals surface area contributed by atoms with Gasteiger partial charge in [-0.2, -0.15) is 0 Å². The van der Waals surface area contributed by atoms with Gasteiger partial charge in [-0.1, -0.05) is 17.9 Å². The molecule has 0 unspecified atom stereocenters. The lowest BCUT2D eigenvalue weighted by molar-refractivity contribution is 0.235. The molecule has 16 heavy (non-hydrogen) atoms. The summed E-state index contributed by atoms with van der Waals surface area (Å²) < 4.78 is 0. The molecule has 0 saturated carbocycles. The fourth-order valence-corrected chi connectivity index (χ4v) is 2.88. The molecule has 1 aliphatic carbocycles. The molecule has 1 heteroatoms. The molecule has 0 N–H and O–H groups in total. The topological polar surface area (TPSA) is 3.24 Å². The Morgan fingerprint density at radius 3 is 2.62 bits per heavy atom. The van der Waals surface area contributed by atoms with Crippen molar-refractivity contribution in [2.45, 2.75) is 38.5 Å². The summed E-state index contributed by atoms with van der Waals surface area (Å²) in [5.41, 5.74) is 2.77. The molecule has 2 bridgehead atoms. The molecule has 0 aromatic heterocycles. The number of rotatable bonds is 0. The molecular weight excluding hydrogens is 194 g/mol. The van der Waals surface area contributed by atoms with Crippen molar-refractivity contribution in [3.05, 3.63) is 23.4 Å². The van der Waals surface area contributed by atoms with Gasteiger partial charge in [0.1, 0.15) is 0 Å². The Bertz CT molecular complexity index is 383. The molecule has 4 rings (SSSR count). The average Bonchev–Trinajstić information content (AvgIpc) is 2.39. The average molecular weight is 213 g/mol. The molecular formula is C15H19N. The molecule has 3 aliphatic heterocycles. The van der Waals surface area contributed by atoms with Gasteiger partial charge < -0.3 is 4.90 Å². The van der Waals surface area contributed by atoms with Gasteiger partial charge in [-0.05, 0) is 50.0 Å². The zero-order valence-electron chi connectivity index (χ0n) is 9.84. The second kappa shape index (κ2) is 4.37. The van der Waals surface area contributed by atoms with Crippen LogP contribution in [0.4, 0.5) is 0 Å². The lowest BCUT2D eigenvalue weighted by Gasteiger charge is -2.37. The summed E-state index contributed by atoms with van der Waals surface area (Å²) in [6.45, 7) is 2.50. The van der Waals surface area contributed by atoms with Crippen LogP contribution in [0.25, 0.3) is 0 Å². The normalized spacial score (nSPS) is 24.6. The van der Waals surface area contributed by atoms with E-state index < -0.39 is 0 Å². The van der Waals surface area contributed by atoms with Gasteiger partial charge in [0.2, 0.25) is 0 Å². The molecule has 0 aromatic carbocycles. The second-order valence-corrected chi connectivity index (χ2v) is 5.12. The largest absolute Gasteiger partial charge is 0.377 e. The van der Waals surface area contributed by atoms with Crippen LogP contribution >= 0.6 is 0 Å². The summed E-state index contributed by atoms with van der Waals surface area (Å²) in [5, 5.41) is 0. The van der Waals surface area contributed by atoms with Gasteiger partial charge in [0, 0.05) is 24.9 Å². The highest BCUT2D eigenvalue weighted by Gasteiger charge is 2.25. The van der Waals surface area contributed by atoms with Crippen molar-refractivity contribution in [1.82, 2.24) is 4.90 Å². The van der Waals surface area contributed by atoms with Gasteiger partial charge in [-0.3, -0.25) is 0 Å². The van der Waals surface area contributed by atoms with Crippen molar-refractivity contribution in [2.24, 2.45) is 5.92 Å². The Morgan fingerprint density at radius 1 is 1.12 bits per heavy atom. The quantitative estimate of drug-likeness (QED) is 0.559. The fraction of sp³-hybridized carbons (Fsp3) is 0.600. The molecule has 1 saturated heterocycles. The Morgan fingerprint density at radius 2 is 2.00 bits per heavy atom. The number of hydrogen-bond acceptors (Lipinski definition) is 1. The van der Waals surface area contributed by atoms with Crippen molar-refractivity contribution in [2.75, 3.05) is 13.1 Å². The third-order valence-corrected chi connectivity index (χ3v) is 3.95. The van der Waals surface area contributed by atoms with E-state index in [2.05, 4.69) is 29.0 Å². The van der Waals surface area contributed by atoms with Crippen LogP contribution in [0, 0.1) is 17.8 Å². The van der Waals surface area contributed by atoms with Crippen LogP contribution in [0.5, 0.6) is 0 Å². The Kier molecular flexibility index (Phi) is 2.74. The lowest BCUT2D eigenvalue weighted by atomic mass is 9.86. The molecule has 0 amide bonds. The third kappa shape index (κ3) is 2.02. The smallest absolute Gasteiger partial charge is 0.0215 e.